The van der Waals surface area contributed by atoms with Crippen molar-refractivity contribution in [3.8, 4) is 0 Å². The van der Waals surface area contributed by atoms with Crippen LogP contribution in [0.1, 0.15) is 34.7 Å². The van der Waals surface area contributed by atoms with Crippen molar-refractivity contribution >= 4 is 21.8 Å². The van der Waals surface area contributed by atoms with Gasteiger partial charge in [-0.25, -0.2) is 4.98 Å². The highest BCUT2D eigenvalue weighted by Gasteiger charge is 2.24. The first-order chi connectivity index (χ1) is 10.2. The van der Waals surface area contributed by atoms with Crippen molar-refractivity contribution in [3.05, 3.63) is 64.4 Å². The highest BCUT2D eigenvalue weighted by molar-refractivity contribution is 9.10. The lowest BCUT2D eigenvalue weighted by Gasteiger charge is -2.32. The van der Waals surface area contributed by atoms with Crippen molar-refractivity contribution in [1.29, 1.82) is 0 Å². The number of amides is 1. The lowest BCUT2D eigenvalue weighted by molar-refractivity contribution is 0.0712. The van der Waals surface area contributed by atoms with Crippen LogP contribution in [0, 0.1) is 0 Å². The Hall–Kier alpha value is -1.68. The van der Waals surface area contributed by atoms with Crippen LogP contribution in [0.3, 0.4) is 0 Å². The quantitative estimate of drug-likeness (QED) is 0.775. The van der Waals surface area contributed by atoms with Crippen molar-refractivity contribution in [3.63, 3.8) is 0 Å². The molecule has 1 aromatic carbocycles. The number of pyridine rings is 1. The predicted molar refractivity (Wildman–Crippen MR) is 86.3 cm³/mol. The minimum atomic E-state index is 0.0847. The molecular weight excluding hydrogens is 328 g/mol. The molecule has 1 saturated heterocycles. The average molecular weight is 345 g/mol. The summed E-state index contributed by atoms with van der Waals surface area (Å²) in [7, 11) is 0. The molecular formula is C17H17BrN2O. The van der Waals surface area contributed by atoms with Gasteiger partial charge in [-0.15, -0.1) is 0 Å². The summed E-state index contributed by atoms with van der Waals surface area (Å²) in [6.45, 7) is 1.63. The van der Waals surface area contributed by atoms with Gasteiger partial charge in [0.15, 0.2) is 0 Å². The van der Waals surface area contributed by atoms with Crippen molar-refractivity contribution in [2.45, 2.75) is 18.8 Å². The van der Waals surface area contributed by atoms with E-state index < -0.39 is 0 Å². The number of rotatable bonds is 2. The number of carbonyl (C=O) groups excluding carboxylic acids is 1. The summed E-state index contributed by atoms with van der Waals surface area (Å²) in [6.07, 6.45) is 3.69. The second-order valence-electron chi connectivity index (χ2n) is 5.35. The fraction of sp³-hybridized carbons (Fsp3) is 0.294. The Morgan fingerprint density at radius 1 is 1.10 bits per heavy atom. The van der Waals surface area contributed by atoms with Crippen LogP contribution in [0.2, 0.25) is 0 Å². The van der Waals surface area contributed by atoms with E-state index in [0.717, 1.165) is 30.5 Å². The first kappa shape index (κ1) is 14.3. The summed E-state index contributed by atoms with van der Waals surface area (Å²) in [5, 5.41) is 0. The lowest BCUT2D eigenvalue weighted by atomic mass is 9.89. The molecule has 1 aromatic heterocycles. The van der Waals surface area contributed by atoms with Gasteiger partial charge in [-0.1, -0.05) is 30.3 Å². The predicted octanol–water partition coefficient (Wildman–Crippen LogP) is 3.86. The topological polar surface area (TPSA) is 33.2 Å². The van der Waals surface area contributed by atoms with E-state index in [1.807, 2.05) is 23.1 Å². The van der Waals surface area contributed by atoms with Gasteiger partial charge < -0.3 is 4.90 Å². The van der Waals surface area contributed by atoms with E-state index in [4.69, 9.17) is 0 Å². The summed E-state index contributed by atoms with van der Waals surface area (Å²) in [6, 6.07) is 14.2. The molecule has 0 N–H and O–H groups in total. The van der Waals surface area contributed by atoms with Crippen LogP contribution in [0.4, 0.5) is 0 Å². The van der Waals surface area contributed by atoms with Crippen molar-refractivity contribution in [1.82, 2.24) is 9.88 Å². The average Bonchev–Trinajstić information content (AvgIpc) is 2.56. The second-order valence-corrected chi connectivity index (χ2v) is 6.16. The van der Waals surface area contributed by atoms with E-state index in [1.54, 1.807) is 6.20 Å². The van der Waals surface area contributed by atoms with Crippen molar-refractivity contribution in [2.75, 3.05) is 13.1 Å². The molecule has 1 aliphatic rings. The van der Waals surface area contributed by atoms with Crippen LogP contribution < -0.4 is 0 Å². The Bertz CT molecular complexity index is 604. The Kier molecular flexibility index (Phi) is 4.34. The number of carbonyl (C=O) groups is 1. The molecule has 1 fully saturated rings. The normalized spacial score (nSPS) is 16.0. The number of likely N-dealkylation sites (tertiary alicyclic amines) is 1. The van der Waals surface area contributed by atoms with E-state index in [1.165, 1.54) is 5.56 Å². The molecule has 2 heterocycles. The van der Waals surface area contributed by atoms with E-state index in [-0.39, 0.29) is 5.91 Å². The summed E-state index contributed by atoms with van der Waals surface area (Å²) in [5.74, 6) is 0.653. The molecule has 108 valence electrons. The number of aromatic nitrogens is 1. The van der Waals surface area contributed by atoms with E-state index in [9.17, 15) is 4.79 Å². The first-order valence-electron chi connectivity index (χ1n) is 7.20. The Balaban J connectivity index is 1.63. The Morgan fingerprint density at radius 2 is 1.81 bits per heavy atom. The number of halogens is 1. The monoisotopic (exact) mass is 344 g/mol. The van der Waals surface area contributed by atoms with Crippen LogP contribution >= 0.6 is 15.9 Å². The molecule has 0 saturated carbocycles. The van der Waals surface area contributed by atoms with Crippen molar-refractivity contribution in [2.24, 2.45) is 0 Å². The zero-order valence-electron chi connectivity index (χ0n) is 11.7. The van der Waals surface area contributed by atoms with E-state index >= 15 is 0 Å². The zero-order valence-corrected chi connectivity index (χ0v) is 13.3. The number of nitrogens with zero attached hydrogens (tertiary/aromatic N) is 2. The SMILES string of the molecule is O=C(c1ccc(Br)nc1)N1CCC(c2ccccc2)CC1. The fourth-order valence-electron chi connectivity index (χ4n) is 2.83. The van der Waals surface area contributed by atoms with Crippen LogP contribution in [0.15, 0.2) is 53.3 Å². The van der Waals surface area contributed by atoms with Crippen LogP contribution in [-0.4, -0.2) is 28.9 Å². The maximum absolute atomic E-state index is 12.4. The van der Waals surface area contributed by atoms with E-state index in [2.05, 4.69) is 45.2 Å². The van der Waals surface area contributed by atoms with E-state index in [0.29, 0.717) is 11.5 Å². The third-order valence-corrected chi connectivity index (χ3v) is 4.50. The summed E-state index contributed by atoms with van der Waals surface area (Å²) in [4.78, 5) is 18.5. The highest BCUT2D eigenvalue weighted by Crippen LogP contribution is 2.28. The van der Waals surface area contributed by atoms with Gasteiger partial charge >= 0.3 is 0 Å². The number of hydrogen-bond donors (Lipinski definition) is 0. The van der Waals surface area contributed by atoms with Crippen LogP contribution in [-0.2, 0) is 0 Å². The summed E-state index contributed by atoms with van der Waals surface area (Å²) < 4.78 is 0.752. The third kappa shape index (κ3) is 3.32. The fourth-order valence-corrected chi connectivity index (χ4v) is 3.06. The second kappa shape index (κ2) is 6.39. The molecule has 0 aliphatic carbocycles. The molecule has 1 aliphatic heterocycles. The van der Waals surface area contributed by atoms with Gasteiger partial charge in [-0.3, -0.25) is 4.79 Å². The molecule has 0 unspecified atom stereocenters. The molecule has 21 heavy (non-hydrogen) atoms. The van der Waals surface area contributed by atoms with Crippen molar-refractivity contribution < 1.29 is 4.79 Å². The number of benzene rings is 1. The molecule has 0 radical (unpaired) electrons. The van der Waals surface area contributed by atoms with Gasteiger partial charge in [0, 0.05) is 19.3 Å². The van der Waals surface area contributed by atoms with Gasteiger partial charge in [-0.05, 0) is 52.4 Å². The zero-order chi connectivity index (χ0) is 14.7. The number of hydrogen-bond acceptors (Lipinski definition) is 2. The standard InChI is InChI=1S/C17H17BrN2O/c18-16-7-6-15(12-19-16)17(21)20-10-8-14(9-11-20)13-4-2-1-3-5-13/h1-7,12,14H,8-11H2. The first-order valence-corrected chi connectivity index (χ1v) is 7.99. The molecule has 3 rings (SSSR count). The lowest BCUT2D eigenvalue weighted by Crippen LogP contribution is -2.37. The van der Waals surface area contributed by atoms with Gasteiger partial charge in [0.25, 0.3) is 5.91 Å². The molecule has 1 amide bonds. The largest absolute Gasteiger partial charge is 0.339 e. The Morgan fingerprint density at radius 3 is 2.43 bits per heavy atom. The third-order valence-electron chi connectivity index (χ3n) is 4.03. The highest BCUT2D eigenvalue weighted by atomic mass is 79.9. The maximum atomic E-state index is 12.4. The molecule has 3 nitrogen and oxygen atoms in total. The van der Waals surface area contributed by atoms with Gasteiger partial charge in [0.2, 0.25) is 0 Å². The minimum absolute atomic E-state index is 0.0847. The molecule has 4 heteroatoms. The van der Waals surface area contributed by atoms with Crippen LogP contribution in [0.5, 0.6) is 0 Å². The molecule has 2 aromatic rings. The molecule has 0 bridgehead atoms. The van der Waals surface area contributed by atoms with Gasteiger partial charge in [0.1, 0.15) is 4.60 Å². The maximum Gasteiger partial charge on any atom is 0.255 e. The molecule has 0 atom stereocenters. The Labute approximate surface area is 133 Å². The molecule has 0 spiro atoms. The number of piperidine rings is 1. The smallest absolute Gasteiger partial charge is 0.255 e. The van der Waals surface area contributed by atoms with Gasteiger partial charge in [-0.2, -0.15) is 0 Å². The summed E-state index contributed by atoms with van der Waals surface area (Å²) in [5.41, 5.74) is 2.05. The van der Waals surface area contributed by atoms with Crippen LogP contribution in [0.25, 0.3) is 0 Å². The minimum Gasteiger partial charge on any atom is -0.339 e. The van der Waals surface area contributed by atoms with Gasteiger partial charge in [0.05, 0.1) is 5.56 Å². The summed E-state index contributed by atoms with van der Waals surface area (Å²) >= 11 is 3.29.